The van der Waals surface area contributed by atoms with Crippen LogP contribution in [0.2, 0.25) is 0 Å². The summed E-state index contributed by atoms with van der Waals surface area (Å²) in [4.78, 5) is 2.25. The standard InChI is InChI=1S/C21H28N6OS/c1-20(2)10-16(11-21(3,4)26-20)27(5)18-24-25-19(29-18)28-17-8-6-14(7-9-17)15-12-22-23-13-15/h6-9,12-13,16,26H,10-11H2,1-5H3,(H,22,23). The molecule has 2 aromatic heterocycles. The fourth-order valence-corrected chi connectivity index (χ4v) is 5.06. The lowest BCUT2D eigenvalue weighted by molar-refractivity contribution is 0.161. The van der Waals surface area contributed by atoms with Crippen molar-refractivity contribution in [2.75, 3.05) is 11.9 Å². The molecule has 0 radical (unpaired) electrons. The highest BCUT2D eigenvalue weighted by Gasteiger charge is 2.39. The van der Waals surface area contributed by atoms with E-state index in [1.165, 1.54) is 11.3 Å². The molecule has 2 N–H and O–H groups in total. The molecule has 1 saturated heterocycles. The van der Waals surface area contributed by atoms with Crippen LogP contribution in [0.25, 0.3) is 11.1 Å². The van der Waals surface area contributed by atoms with Gasteiger partial charge in [-0.2, -0.15) is 5.10 Å². The van der Waals surface area contributed by atoms with Gasteiger partial charge in [-0.05, 0) is 69.6 Å². The van der Waals surface area contributed by atoms with E-state index in [1.54, 1.807) is 6.20 Å². The molecule has 0 saturated carbocycles. The van der Waals surface area contributed by atoms with Crippen LogP contribution in [0, 0.1) is 0 Å². The Balaban J connectivity index is 1.44. The van der Waals surface area contributed by atoms with E-state index in [0.29, 0.717) is 11.2 Å². The molecule has 1 aromatic carbocycles. The van der Waals surface area contributed by atoms with Crippen LogP contribution in [0.5, 0.6) is 10.9 Å². The molecular weight excluding hydrogens is 384 g/mol. The zero-order chi connectivity index (χ0) is 20.6. The fraction of sp³-hybridized carbons (Fsp3) is 0.476. The number of piperidine rings is 1. The Morgan fingerprint density at radius 2 is 1.72 bits per heavy atom. The summed E-state index contributed by atoms with van der Waals surface area (Å²) in [6.07, 6.45) is 5.77. The van der Waals surface area contributed by atoms with Gasteiger partial charge < -0.3 is 15.0 Å². The van der Waals surface area contributed by atoms with Gasteiger partial charge in [0.2, 0.25) is 5.13 Å². The number of rotatable bonds is 5. The number of nitrogens with zero attached hydrogens (tertiary/aromatic N) is 4. The van der Waals surface area contributed by atoms with Gasteiger partial charge in [0.1, 0.15) is 5.75 Å². The van der Waals surface area contributed by atoms with Crippen LogP contribution in [0.3, 0.4) is 0 Å². The number of aromatic amines is 1. The topological polar surface area (TPSA) is 79.0 Å². The summed E-state index contributed by atoms with van der Waals surface area (Å²) in [5, 5.41) is 20.6. The maximum Gasteiger partial charge on any atom is 0.301 e. The van der Waals surface area contributed by atoms with Crippen LogP contribution >= 0.6 is 11.3 Å². The SMILES string of the molecule is CN(c1nnc(Oc2ccc(-c3cn[nH]c3)cc2)s1)C1CC(C)(C)NC(C)(C)C1. The van der Waals surface area contributed by atoms with Crippen molar-refractivity contribution in [3.05, 3.63) is 36.7 Å². The monoisotopic (exact) mass is 412 g/mol. The van der Waals surface area contributed by atoms with Crippen LogP contribution in [0.4, 0.5) is 5.13 Å². The zero-order valence-electron chi connectivity index (χ0n) is 17.6. The van der Waals surface area contributed by atoms with Crippen LogP contribution in [0.15, 0.2) is 36.7 Å². The van der Waals surface area contributed by atoms with Crippen molar-refractivity contribution in [3.8, 4) is 22.1 Å². The van der Waals surface area contributed by atoms with Gasteiger partial charge >= 0.3 is 5.19 Å². The summed E-state index contributed by atoms with van der Waals surface area (Å²) < 4.78 is 5.93. The number of benzene rings is 1. The van der Waals surface area contributed by atoms with E-state index < -0.39 is 0 Å². The largest absolute Gasteiger partial charge is 0.430 e. The highest BCUT2D eigenvalue weighted by Crippen LogP contribution is 2.36. The third-order valence-corrected chi connectivity index (χ3v) is 6.20. The molecule has 0 unspecified atom stereocenters. The van der Waals surface area contributed by atoms with Gasteiger partial charge in [0, 0.05) is 35.9 Å². The second kappa shape index (κ2) is 7.42. The Labute approximate surface area is 175 Å². The van der Waals surface area contributed by atoms with Crippen molar-refractivity contribution in [2.24, 2.45) is 0 Å². The Hall–Kier alpha value is -2.45. The lowest BCUT2D eigenvalue weighted by Crippen LogP contribution is -2.61. The van der Waals surface area contributed by atoms with Crippen molar-refractivity contribution < 1.29 is 4.74 Å². The van der Waals surface area contributed by atoms with Gasteiger partial charge in [-0.1, -0.05) is 17.2 Å². The first kappa shape index (κ1) is 19.8. The molecule has 1 aliphatic rings. The van der Waals surface area contributed by atoms with Gasteiger partial charge in [0.25, 0.3) is 0 Å². The lowest BCUT2D eigenvalue weighted by Gasteiger charge is -2.48. The average molecular weight is 413 g/mol. The van der Waals surface area contributed by atoms with E-state index in [2.05, 4.69) is 65.4 Å². The third kappa shape index (κ3) is 4.59. The molecule has 8 heteroatoms. The van der Waals surface area contributed by atoms with Gasteiger partial charge in [-0.15, -0.1) is 5.10 Å². The predicted molar refractivity (Wildman–Crippen MR) is 117 cm³/mol. The number of ether oxygens (including phenoxy) is 1. The summed E-state index contributed by atoms with van der Waals surface area (Å²) in [5.41, 5.74) is 2.30. The van der Waals surface area contributed by atoms with Gasteiger partial charge in [-0.3, -0.25) is 5.10 Å². The van der Waals surface area contributed by atoms with Crippen LogP contribution in [-0.2, 0) is 0 Å². The molecule has 0 aliphatic carbocycles. The minimum atomic E-state index is 0.0847. The molecule has 3 aromatic rings. The number of H-pyrrole nitrogens is 1. The Morgan fingerprint density at radius 1 is 1.03 bits per heavy atom. The number of hydrogen-bond acceptors (Lipinski definition) is 7. The van der Waals surface area contributed by atoms with E-state index >= 15 is 0 Å². The second-order valence-electron chi connectivity index (χ2n) is 9.03. The van der Waals surface area contributed by atoms with Crippen LogP contribution < -0.4 is 15.0 Å². The lowest BCUT2D eigenvalue weighted by atomic mass is 9.79. The summed E-state index contributed by atoms with van der Waals surface area (Å²) >= 11 is 1.48. The summed E-state index contributed by atoms with van der Waals surface area (Å²) in [7, 11) is 2.10. The van der Waals surface area contributed by atoms with Crippen molar-refractivity contribution in [2.45, 2.75) is 57.7 Å². The van der Waals surface area contributed by atoms with Gasteiger partial charge in [0.05, 0.1) is 6.20 Å². The minimum absolute atomic E-state index is 0.0847. The van der Waals surface area contributed by atoms with Crippen LogP contribution in [-0.4, -0.2) is 44.6 Å². The Morgan fingerprint density at radius 3 is 2.34 bits per heavy atom. The molecule has 4 rings (SSSR count). The second-order valence-corrected chi connectivity index (χ2v) is 9.95. The smallest absolute Gasteiger partial charge is 0.301 e. The molecule has 1 aliphatic heterocycles. The van der Waals surface area contributed by atoms with E-state index in [9.17, 15) is 0 Å². The average Bonchev–Trinajstić information content (AvgIpc) is 3.31. The number of nitrogens with one attached hydrogen (secondary N) is 2. The molecule has 0 amide bonds. The maximum absolute atomic E-state index is 5.93. The molecule has 0 spiro atoms. The van der Waals surface area contributed by atoms with Gasteiger partial charge in [-0.25, -0.2) is 0 Å². The zero-order valence-corrected chi connectivity index (χ0v) is 18.4. The van der Waals surface area contributed by atoms with Crippen molar-refractivity contribution in [1.82, 2.24) is 25.7 Å². The third-order valence-electron chi connectivity index (χ3n) is 5.30. The number of hydrogen-bond donors (Lipinski definition) is 2. The minimum Gasteiger partial charge on any atom is -0.430 e. The van der Waals surface area contributed by atoms with E-state index in [4.69, 9.17) is 4.74 Å². The highest BCUT2D eigenvalue weighted by molar-refractivity contribution is 7.17. The molecule has 29 heavy (non-hydrogen) atoms. The predicted octanol–water partition coefficient (Wildman–Crippen LogP) is 4.47. The molecule has 7 nitrogen and oxygen atoms in total. The summed E-state index contributed by atoms with van der Waals surface area (Å²) in [5.74, 6) is 0.742. The molecule has 3 heterocycles. The first-order valence-corrected chi connectivity index (χ1v) is 10.7. The maximum atomic E-state index is 5.93. The molecule has 0 atom stereocenters. The number of anilines is 1. The van der Waals surface area contributed by atoms with E-state index in [1.807, 2.05) is 30.5 Å². The highest BCUT2D eigenvalue weighted by atomic mass is 32.1. The molecule has 0 bridgehead atoms. The molecule has 1 fully saturated rings. The van der Waals surface area contributed by atoms with Gasteiger partial charge in [0.15, 0.2) is 0 Å². The van der Waals surface area contributed by atoms with E-state index in [0.717, 1.165) is 34.8 Å². The Kier molecular flexibility index (Phi) is 5.08. The number of aromatic nitrogens is 4. The first-order valence-electron chi connectivity index (χ1n) is 9.84. The first-order chi connectivity index (χ1) is 13.7. The fourth-order valence-electron chi connectivity index (χ4n) is 4.31. The van der Waals surface area contributed by atoms with Crippen LogP contribution in [0.1, 0.15) is 40.5 Å². The summed E-state index contributed by atoms with van der Waals surface area (Å²) in [6.45, 7) is 9.04. The normalized spacial score (nSPS) is 18.5. The van der Waals surface area contributed by atoms with Crippen molar-refractivity contribution in [3.63, 3.8) is 0 Å². The van der Waals surface area contributed by atoms with E-state index in [-0.39, 0.29) is 11.1 Å². The molecular formula is C21H28N6OS. The molecule has 154 valence electrons. The Bertz CT molecular complexity index is 932. The quantitative estimate of drug-likeness (QED) is 0.644. The van der Waals surface area contributed by atoms with Crippen molar-refractivity contribution >= 4 is 16.5 Å². The summed E-state index contributed by atoms with van der Waals surface area (Å²) in [6, 6.07) is 8.29. The van der Waals surface area contributed by atoms with Crippen molar-refractivity contribution in [1.29, 1.82) is 0 Å².